The molecular weight excluding hydrogens is 501 g/mol. The van der Waals surface area contributed by atoms with Crippen LogP contribution in [0.5, 0.6) is 5.75 Å². The van der Waals surface area contributed by atoms with E-state index in [0.717, 1.165) is 11.3 Å². The summed E-state index contributed by atoms with van der Waals surface area (Å²) in [5.74, 6) is 0.785. The highest BCUT2D eigenvalue weighted by Gasteiger charge is 2.24. The van der Waals surface area contributed by atoms with Crippen molar-refractivity contribution in [1.82, 2.24) is 14.9 Å². The van der Waals surface area contributed by atoms with E-state index in [1.807, 2.05) is 36.1 Å². The van der Waals surface area contributed by atoms with Crippen LogP contribution in [0.2, 0.25) is 10.3 Å². The average Bonchev–Trinajstić information content (AvgIpc) is 2.87. The van der Waals surface area contributed by atoms with E-state index < -0.39 is 12.2 Å². The van der Waals surface area contributed by atoms with Gasteiger partial charge in [-0.2, -0.15) is 0 Å². The highest BCUT2D eigenvalue weighted by atomic mass is 35.5. The summed E-state index contributed by atoms with van der Waals surface area (Å²) in [6, 6.07) is 18.2. The van der Waals surface area contributed by atoms with Crippen LogP contribution in [0.1, 0.15) is 43.0 Å². The molecule has 0 amide bonds. The molecule has 2 aromatic heterocycles. The van der Waals surface area contributed by atoms with Crippen molar-refractivity contribution < 1.29 is 19.7 Å². The number of nitrogens with zero attached hydrogens (tertiary/aromatic N) is 3. The fourth-order valence-corrected chi connectivity index (χ4v) is 4.18. The number of halogens is 2. The lowest BCUT2D eigenvalue weighted by Crippen LogP contribution is -2.40. The number of hydrogen-bond donors (Lipinski definition) is 2. The molecule has 2 N–H and O–H groups in total. The molecule has 9 heteroatoms. The van der Waals surface area contributed by atoms with Gasteiger partial charge in [0.15, 0.2) is 0 Å². The number of ether oxygens (including phenoxy) is 2. The molecule has 0 aliphatic rings. The van der Waals surface area contributed by atoms with E-state index in [4.69, 9.17) is 32.7 Å². The van der Waals surface area contributed by atoms with Gasteiger partial charge in [-0.15, -0.1) is 0 Å². The Bertz CT molecular complexity index is 1020. The zero-order valence-corrected chi connectivity index (χ0v) is 22.1. The van der Waals surface area contributed by atoms with Crippen molar-refractivity contribution in [2.45, 2.75) is 38.5 Å². The van der Waals surface area contributed by atoms with Crippen molar-refractivity contribution in [3.63, 3.8) is 0 Å². The molecule has 7 nitrogen and oxygen atoms in total. The van der Waals surface area contributed by atoms with E-state index in [-0.39, 0.29) is 19.1 Å². The lowest BCUT2D eigenvalue weighted by atomic mass is 10.0. The first-order valence-electron chi connectivity index (χ1n) is 12.0. The van der Waals surface area contributed by atoms with Crippen LogP contribution in [0.15, 0.2) is 60.7 Å². The summed E-state index contributed by atoms with van der Waals surface area (Å²) < 4.78 is 11.0. The molecule has 0 unspecified atom stereocenters. The summed E-state index contributed by atoms with van der Waals surface area (Å²) >= 11 is 12.0. The molecule has 3 atom stereocenters. The maximum Gasteiger partial charge on any atom is 0.129 e. The van der Waals surface area contributed by atoms with E-state index in [0.29, 0.717) is 47.9 Å². The monoisotopic (exact) mass is 533 g/mol. The smallest absolute Gasteiger partial charge is 0.129 e. The van der Waals surface area contributed by atoms with E-state index >= 15 is 0 Å². The summed E-state index contributed by atoms with van der Waals surface area (Å²) in [7, 11) is 0. The number of aliphatic hydroxyl groups excluding tert-OH is 2. The lowest BCUT2D eigenvalue weighted by Gasteiger charge is -2.32. The first kappa shape index (κ1) is 28.3. The quantitative estimate of drug-likeness (QED) is 0.225. The van der Waals surface area contributed by atoms with Crippen molar-refractivity contribution in [2.24, 2.45) is 0 Å². The molecule has 2 heterocycles. The molecular formula is C27H33Cl2N3O4. The third-order valence-electron chi connectivity index (χ3n) is 5.75. The molecule has 36 heavy (non-hydrogen) atoms. The first-order valence-corrected chi connectivity index (χ1v) is 12.8. The summed E-state index contributed by atoms with van der Waals surface area (Å²) in [5.41, 5.74) is 2.06. The highest BCUT2D eigenvalue weighted by Crippen LogP contribution is 2.22. The molecule has 0 aliphatic heterocycles. The summed E-state index contributed by atoms with van der Waals surface area (Å²) in [5, 5.41) is 22.4. The lowest BCUT2D eigenvalue weighted by molar-refractivity contribution is 0.0452. The Morgan fingerprint density at radius 2 is 1.39 bits per heavy atom. The summed E-state index contributed by atoms with van der Waals surface area (Å²) in [6.07, 6.45) is -1.07. The van der Waals surface area contributed by atoms with Crippen molar-refractivity contribution in [1.29, 1.82) is 0 Å². The number of pyridine rings is 2. The van der Waals surface area contributed by atoms with Gasteiger partial charge < -0.3 is 19.7 Å². The number of aliphatic hydroxyl groups is 2. The zero-order chi connectivity index (χ0) is 25.9. The molecule has 0 bridgehead atoms. The Morgan fingerprint density at radius 1 is 0.833 bits per heavy atom. The van der Waals surface area contributed by atoms with Crippen LogP contribution in [-0.4, -0.2) is 64.0 Å². The van der Waals surface area contributed by atoms with Gasteiger partial charge in [-0.1, -0.05) is 47.5 Å². The second-order valence-electron chi connectivity index (χ2n) is 8.50. The van der Waals surface area contributed by atoms with Crippen LogP contribution in [0, 0.1) is 0 Å². The van der Waals surface area contributed by atoms with Crippen LogP contribution >= 0.6 is 23.2 Å². The molecule has 0 fully saturated rings. The van der Waals surface area contributed by atoms with Crippen LogP contribution in [-0.2, 0) is 11.2 Å². The van der Waals surface area contributed by atoms with Gasteiger partial charge in [0.1, 0.15) is 34.9 Å². The molecule has 0 radical (unpaired) electrons. The SMILES string of the molecule is CCOCCOc1ccc(C[C@@H](C)N(C[C@H](O)c2cccc(Cl)n2)C[C@H](O)c2cccc(Cl)n2)cc1. The molecule has 3 aromatic rings. The molecule has 0 saturated carbocycles. The fraction of sp³-hybridized carbons (Fsp3) is 0.407. The maximum atomic E-state index is 10.9. The number of hydrogen-bond acceptors (Lipinski definition) is 7. The standard InChI is InChI=1S/C27H33Cl2N3O4/c1-3-35-14-15-36-21-12-10-20(11-13-21)16-19(2)32(17-24(33)22-6-4-8-26(28)30-22)18-25(34)23-7-5-9-27(29)31-23/h4-13,19,24-25,33-34H,3,14-18H2,1-2H3/t19-,24+,25+/m1/s1. The molecule has 0 saturated heterocycles. The molecule has 0 spiro atoms. The number of rotatable bonds is 14. The van der Waals surface area contributed by atoms with Crippen molar-refractivity contribution in [3.05, 3.63) is 87.9 Å². The first-order chi connectivity index (χ1) is 17.4. The Hall–Kier alpha value is -2.26. The fourth-order valence-electron chi connectivity index (χ4n) is 3.84. The van der Waals surface area contributed by atoms with Crippen LogP contribution in [0.3, 0.4) is 0 Å². The molecule has 3 rings (SSSR count). The minimum Gasteiger partial charge on any atom is -0.491 e. The van der Waals surface area contributed by atoms with Gasteiger partial charge in [0.05, 0.1) is 18.0 Å². The van der Waals surface area contributed by atoms with Gasteiger partial charge >= 0.3 is 0 Å². The van der Waals surface area contributed by atoms with Crippen molar-refractivity contribution in [3.8, 4) is 5.75 Å². The highest BCUT2D eigenvalue weighted by molar-refractivity contribution is 6.29. The Morgan fingerprint density at radius 3 is 1.89 bits per heavy atom. The van der Waals surface area contributed by atoms with Crippen molar-refractivity contribution in [2.75, 3.05) is 32.9 Å². The van der Waals surface area contributed by atoms with Gasteiger partial charge in [0.25, 0.3) is 0 Å². The molecule has 194 valence electrons. The van der Waals surface area contributed by atoms with Crippen LogP contribution in [0.4, 0.5) is 0 Å². The third kappa shape index (κ3) is 9.00. The predicted molar refractivity (Wildman–Crippen MR) is 142 cm³/mol. The van der Waals surface area contributed by atoms with E-state index in [1.54, 1.807) is 36.4 Å². The largest absolute Gasteiger partial charge is 0.491 e. The Kier molecular flexibility index (Phi) is 11.4. The number of aromatic nitrogens is 2. The van der Waals surface area contributed by atoms with E-state index in [1.165, 1.54) is 0 Å². The normalized spacial score (nSPS) is 14.0. The van der Waals surface area contributed by atoms with Gasteiger partial charge in [0.2, 0.25) is 0 Å². The van der Waals surface area contributed by atoms with Crippen LogP contribution < -0.4 is 4.74 Å². The number of benzene rings is 1. The van der Waals surface area contributed by atoms with Gasteiger partial charge in [-0.25, -0.2) is 9.97 Å². The van der Waals surface area contributed by atoms with Gasteiger partial charge in [-0.3, -0.25) is 4.90 Å². The Balaban J connectivity index is 1.70. The second kappa shape index (κ2) is 14.5. The minimum atomic E-state index is -0.883. The van der Waals surface area contributed by atoms with E-state index in [9.17, 15) is 10.2 Å². The predicted octanol–water partition coefficient (Wildman–Crippen LogP) is 4.90. The maximum absolute atomic E-state index is 10.9. The topological polar surface area (TPSA) is 87.9 Å². The Labute approximate surface area is 222 Å². The minimum absolute atomic E-state index is 0.0163. The average molecular weight is 534 g/mol. The summed E-state index contributed by atoms with van der Waals surface area (Å²) in [4.78, 5) is 10.5. The second-order valence-corrected chi connectivity index (χ2v) is 9.27. The molecule has 0 aliphatic carbocycles. The van der Waals surface area contributed by atoms with Crippen molar-refractivity contribution >= 4 is 23.2 Å². The van der Waals surface area contributed by atoms with Crippen LogP contribution in [0.25, 0.3) is 0 Å². The van der Waals surface area contributed by atoms with Gasteiger partial charge in [0, 0.05) is 25.7 Å². The van der Waals surface area contributed by atoms with E-state index in [2.05, 4.69) is 16.9 Å². The van der Waals surface area contributed by atoms with Gasteiger partial charge in [-0.05, 0) is 62.2 Å². The third-order valence-corrected chi connectivity index (χ3v) is 6.17. The summed E-state index contributed by atoms with van der Waals surface area (Å²) in [6.45, 7) is 6.24. The molecule has 1 aromatic carbocycles. The zero-order valence-electron chi connectivity index (χ0n) is 20.6.